The van der Waals surface area contributed by atoms with Gasteiger partial charge in [-0.1, -0.05) is 18.2 Å². The molecular formula is C13H19NOS. The quantitative estimate of drug-likeness (QED) is 0.744. The minimum Gasteiger partial charge on any atom is -0.394 e. The van der Waals surface area contributed by atoms with E-state index in [1.54, 1.807) is 0 Å². The van der Waals surface area contributed by atoms with Crippen molar-refractivity contribution in [3.05, 3.63) is 30.3 Å². The second kappa shape index (κ2) is 5.21. The van der Waals surface area contributed by atoms with Crippen LogP contribution in [0.15, 0.2) is 35.2 Å². The van der Waals surface area contributed by atoms with E-state index in [9.17, 15) is 5.11 Å². The van der Waals surface area contributed by atoms with Gasteiger partial charge in [0.25, 0.3) is 0 Å². The first-order valence-corrected chi connectivity index (χ1v) is 6.77. The van der Waals surface area contributed by atoms with Crippen LogP contribution in [0.3, 0.4) is 0 Å². The Labute approximate surface area is 101 Å². The maximum absolute atomic E-state index is 9.59. The van der Waals surface area contributed by atoms with Gasteiger partial charge in [-0.3, -0.25) is 0 Å². The molecule has 2 nitrogen and oxygen atoms in total. The van der Waals surface area contributed by atoms with Crippen LogP contribution in [0, 0.1) is 5.92 Å². The molecule has 88 valence electrons. The van der Waals surface area contributed by atoms with Gasteiger partial charge in [-0.25, -0.2) is 0 Å². The van der Waals surface area contributed by atoms with Crippen LogP contribution in [0.4, 0.5) is 0 Å². The standard InChI is InChI=1S/C13H19NOS/c1-14-13(9-15,11-7-8-11)10-16-12-5-3-2-4-6-12/h2-6,11,14-15H,7-10H2,1H3. The third kappa shape index (κ3) is 2.59. The molecule has 0 aromatic heterocycles. The summed E-state index contributed by atoms with van der Waals surface area (Å²) in [4.78, 5) is 1.27. The molecule has 1 unspecified atom stereocenters. The van der Waals surface area contributed by atoms with Gasteiger partial charge < -0.3 is 10.4 Å². The third-order valence-corrected chi connectivity index (χ3v) is 4.64. The topological polar surface area (TPSA) is 32.3 Å². The van der Waals surface area contributed by atoms with Crippen molar-refractivity contribution in [2.24, 2.45) is 5.92 Å². The van der Waals surface area contributed by atoms with Gasteiger partial charge in [-0.2, -0.15) is 0 Å². The van der Waals surface area contributed by atoms with Crippen LogP contribution in [0.1, 0.15) is 12.8 Å². The highest BCUT2D eigenvalue weighted by molar-refractivity contribution is 7.99. The normalized spacial score (nSPS) is 19.4. The zero-order valence-electron chi connectivity index (χ0n) is 9.65. The maximum Gasteiger partial charge on any atom is 0.0624 e. The Morgan fingerprint density at radius 1 is 1.38 bits per heavy atom. The molecule has 0 amide bonds. The van der Waals surface area contributed by atoms with Crippen molar-refractivity contribution in [1.82, 2.24) is 5.32 Å². The average molecular weight is 237 g/mol. The van der Waals surface area contributed by atoms with Crippen molar-refractivity contribution >= 4 is 11.8 Å². The fourth-order valence-corrected chi connectivity index (χ4v) is 3.26. The Hall–Kier alpha value is -0.510. The number of hydrogen-bond donors (Lipinski definition) is 2. The average Bonchev–Trinajstić information content (AvgIpc) is 3.17. The molecule has 1 saturated carbocycles. The van der Waals surface area contributed by atoms with Crippen molar-refractivity contribution in [3.63, 3.8) is 0 Å². The third-order valence-electron chi connectivity index (χ3n) is 3.38. The van der Waals surface area contributed by atoms with Crippen LogP contribution in [0.25, 0.3) is 0 Å². The number of hydrogen-bond acceptors (Lipinski definition) is 3. The van der Waals surface area contributed by atoms with Gasteiger partial charge in [0.2, 0.25) is 0 Å². The van der Waals surface area contributed by atoms with Crippen molar-refractivity contribution in [1.29, 1.82) is 0 Å². The summed E-state index contributed by atoms with van der Waals surface area (Å²) in [7, 11) is 1.96. The molecule has 0 bridgehead atoms. The van der Waals surface area contributed by atoms with E-state index in [0.717, 1.165) is 5.75 Å². The minimum atomic E-state index is -0.0828. The molecule has 16 heavy (non-hydrogen) atoms. The molecule has 0 spiro atoms. The van der Waals surface area contributed by atoms with Gasteiger partial charge in [0.05, 0.1) is 12.1 Å². The molecule has 0 radical (unpaired) electrons. The molecule has 0 heterocycles. The van der Waals surface area contributed by atoms with Gasteiger partial charge in [0.15, 0.2) is 0 Å². The van der Waals surface area contributed by atoms with Crippen molar-refractivity contribution < 1.29 is 5.11 Å². The molecule has 0 saturated heterocycles. The first-order chi connectivity index (χ1) is 7.80. The molecule has 1 aliphatic carbocycles. The molecule has 0 aliphatic heterocycles. The first kappa shape index (κ1) is 12.0. The Bertz CT molecular complexity index is 320. The van der Waals surface area contributed by atoms with Crippen LogP contribution >= 0.6 is 11.8 Å². The molecular weight excluding hydrogens is 218 g/mol. The first-order valence-electron chi connectivity index (χ1n) is 5.78. The molecule has 1 aliphatic rings. The van der Waals surface area contributed by atoms with Crippen molar-refractivity contribution in [2.75, 3.05) is 19.4 Å². The minimum absolute atomic E-state index is 0.0828. The lowest BCUT2D eigenvalue weighted by Crippen LogP contribution is -2.51. The largest absolute Gasteiger partial charge is 0.394 e. The molecule has 1 atom stereocenters. The summed E-state index contributed by atoms with van der Waals surface area (Å²) in [6, 6.07) is 10.4. The molecule has 1 aromatic carbocycles. The van der Waals surface area contributed by atoms with Crippen molar-refractivity contribution in [3.8, 4) is 0 Å². The second-order valence-electron chi connectivity index (χ2n) is 4.44. The van der Waals surface area contributed by atoms with Gasteiger partial charge in [-0.05, 0) is 37.9 Å². The summed E-state index contributed by atoms with van der Waals surface area (Å²) in [6.45, 7) is 0.230. The molecule has 2 N–H and O–H groups in total. The van der Waals surface area contributed by atoms with Crippen LogP contribution in [0.5, 0.6) is 0 Å². The Balaban J connectivity index is 1.96. The Kier molecular flexibility index (Phi) is 3.90. The molecule has 1 aromatic rings. The van der Waals surface area contributed by atoms with E-state index in [-0.39, 0.29) is 12.1 Å². The lowest BCUT2D eigenvalue weighted by Gasteiger charge is -2.31. The van der Waals surface area contributed by atoms with E-state index >= 15 is 0 Å². The number of thioether (sulfide) groups is 1. The Morgan fingerprint density at radius 2 is 2.06 bits per heavy atom. The van der Waals surface area contributed by atoms with Crippen LogP contribution < -0.4 is 5.32 Å². The number of aliphatic hydroxyl groups is 1. The summed E-state index contributed by atoms with van der Waals surface area (Å²) in [6.07, 6.45) is 2.49. The predicted octanol–water partition coefficient (Wildman–Crippen LogP) is 2.14. The highest BCUT2D eigenvalue weighted by Crippen LogP contribution is 2.41. The van der Waals surface area contributed by atoms with Crippen LogP contribution in [-0.2, 0) is 0 Å². The van der Waals surface area contributed by atoms with Crippen LogP contribution in [-0.4, -0.2) is 30.1 Å². The smallest absolute Gasteiger partial charge is 0.0624 e. The second-order valence-corrected chi connectivity index (χ2v) is 5.49. The zero-order valence-corrected chi connectivity index (χ0v) is 10.5. The molecule has 2 rings (SSSR count). The maximum atomic E-state index is 9.59. The number of nitrogens with one attached hydrogen (secondary N) is 1. The monoisotopic (exact) mass is 237 g/mol. The SMILES string of the molecule is CNC(CO)(CSc1ccccc1)C1CC1. The summed E-state index contributed by atoms with van der Waals surface area (Å²) in [5.74, 6) is 1.59. The van der Waals surface area contributed by atoms with E-state index < -0.39 is 0 Å². The van der Waals surface area contributed by atoms with Gasteiger partial charge in [0.1, 0.15) is 0 Å². The van der Waals surface area contributed by atoms with E-state index in [0.29, 0.717) is 5.92 Å². The van der Waals surface area contributed by atoms with E-state index in [1.165, 1.54) is 17.7 Å². The summed E-state index contributed by atoms with van der Waals surface area (Å²) in [5.41, 5.74) is -0.0828. The molecule has 3 heteroatoms. The molecule has 1 fully saturated rings. The Morgan fingerprint density at radius 3 is 2.56 bits per heavy atom. The summed E-state index contributed by atoms with van der Waals surface area (Å²) >= 11 is 1.82. The fraction of sp³-hybridized carbons (Fsp3) is 0.538. The number of aliphatic hydroxyl groups excluding tert-OH is 1. The van der Waals surface area contributed by atoms with Crippen molar-refractivity contribution in [2.45, 2.75) is 23.3 Å². The lowest BCUT2D eigenvalue weighted by atomic mass is 9.97. The van der Waals surface area contributed by atoms with E-state index in [2.05, 4.69) is 29.6 Å². The van der Waals surface area contributed by atoms with Crippen LogP contribution in [0.2, 0.25) is 0 Å². The van der Waals surface area contributed by atoms with Gasteiger partial charge in [0, 0.05) is 10.6 Å². The predicted molar refractivity (Wildman–Crippen MR) is 68.8 cm³/mol. The number of benzene rings is 1. The van der Waals surface area contributed by atoms with E-state index in [1.807, 2.05) is 24.9 Å². The van der Waals surface area contributed by atoms with Gasteiger partial charge >= 0.3 is 0 Å². The lowest BCUT2D eigenvalue weighted by molar-refractivity contribution is 0.167. The zero-order chi connectivity index (χ0) is 11.4. The van der Waals surface area contributed by atoms with E-state index in [4.69, 9.17) is 0 Å². The highest BCUT2D eigenvalue weighted by Gasteiger charge is 2.43. The fourth-order valence-electron chi connectivity index (χ4n) is 2.01. The number of rotatable bonds is 6. The summed E-state index contributed by atoms with van der Waals surface area (Å²) < 4.78 is 0. The highest BCUT2D eigenvalue weighted by atomic mass is 32.2. The van der Waals surface area contributed by atoms with Gasteiger partial charge in [-0.15, -0.1) is 11.8 Å². The number of likely N-dealkylation sites (N-methyl/N-ethyl adjacent to an activating group) is 1. The summed E-state index contributed by atoms with van der Waals surface area (Å²) in [5, 5.41) is 12.9.